The van der Waals surface area contributed by atoms with Crippen molar-refractivity contribution in [1.82, 2.24) is 10.3 Å². The molecule has 1 aromatic carbocycles. The van der Waals surface area contributed by atoms with Gasteiger partial charge in [-0.2, -0.15) is 0 Å². The molecule has 1 N–H and O–H groups in total. The number of nitrogens with zero attached hydrogens (tertiary/aromatic N) is 1. The van der Waals surface area contributed by atoms with Crippen molar-refractivity contribution in [3.63, 3.8) is 0 Å². The van der Waals surface area contributed by atoms with E-state index in [1.807, 2.05) is 37.0 Å². The normalized spacial score (nSPS) is 12.4. The van der Waals surface area contributed by atoms with Gasteiger partial charge in [0.25, 0.3) is 0 Å². The molecule has 0 saturated heterocycles. The molecule has 5 heteroatoms. The Bertz CT molecular complexity index is 502. The second-order valence-electron chi connectivity index (χ2n) is 3.90. The van der Waals surface area contributed by atoms with Gasteiger partial charge in [-0.3, -0.25) is 4.98 Å². The third-order valence-corrected chi connectivity index (χ3v) is 3.85. The highest BCUT2D eigenvalue weighted by Gasteiger charge is 2.16. The molecule has 3 nitrogen and oxygen atoms in total. The molecular formula is C13H15ClN2OS. The number of methoxy groups -OCH3 is 1. The summed E-state index contributed by atoms with van der Waals surface area (Å²) in [5.74, 6) is 0.811. The van der Waals surface area contributed by atoms with Crippen LogP contribution >= 0.6 is 22.9 Å². The van der Waals surface area contributed by atoms with E-state index in [4.69, 9.17) is 16.3 Å². The number of likely N-dealkylation sites (N-methyl/N-ethyl adjacent to an activating group) is 1. The maximum atomic E-state index is 5.98. The van der Waals surface area contributed by atoms with Crippen molar-refractivity contribution in [3.8, 4) is 5.75 Å². The predicted molar refractivity (Wildman–Crippen MR) is 75.6 cm³/mol. The number of benzene rings is 1. The van der Waals surface area contributed by atoms with Gasteiger partial charge in [-0.15, -0.1) is 11.3 Å². The van der Waals surface area contributed by atoms with Gasteiger partial charge in [0.2, 0.25) is 0 Å². The van der Waals surface area contributed by atoms with Crippen LogP contribution in [0.5, 0.6) is 5.75 Å². The number of ether oxygens (including phenoxy) is 1. The lowest BCUT2D eigenvalue weighted by Crippen LogP contribution is -2.19. The first-order valence-electron chi connectivity index (χ1n) is 5.62. The van der Waals surface area contributed by atoms with Crippen LogP contribution in [0.3, 0.4) is 0 Å². The second-order valence-corrected chi connectivity index (χ2v) is 5.31. The first-order valence-corrected chi connectivity index (χ1v) is 6.88. The first kappa shape index (κ1) is 13.3. The molecule has 0 saturated carbocycles. The van der Waals surface area contributed by atoms with E-state index in [1.165, 1.54) is 4.88 Å². The van der Waals surface area contributed by atoms with E-state index in [2.05, 4.69) is 10.3 Å². The predicted octanol–water partition coefficient (Wildman–Crippen LogP) is 3.31. The zero-order chi connectivity index (χ0) is 13.0. The molecule has 0 spiro atoms. The number of hydrogen-bond donors (Lipinski definition) is 1. The maximum absolute atomic E-state index is 5.98. The SMILES string of the molecule is CNC(Cc1cncs1)c1ccc(Cl)cc1OC. The van der Waals surface area contributed by atoms with Crippen molar-refractivity contribution in [2.45, 2.75) is 12.5 Å². The van der Waals surface area contributed by atoms with E-state index in [9.17, 15) is 0 Å². The lowest BCUT2D eigenvalue weighted by molar-refractivity contribution is 0.401. The molecule has 0 radical (unpaired) electrons. The van der Waals surface area contributed by atoms with Crippen molar-refractivity contribution < 1.29 is 4.74 Å². The second kappa shape index (κ2) is 6.18. The molecule has 1 heterocycles. The van der Waals surface area contributed by atoms with Crippen molar-refractivity contribution in [2.24, 2.45) is 0 Å². The van der Waals surface area contributed by atoms with Crippen LogP contribution in [0.4, 0.5) is 0 Å². The Morgan fingerprint density at radius 3 is 2.94 bits per heavy atom. The molecule has 0 amide bonds. The molecule has 0 aliphatic carbocycles. The topological polar surface area (TPSA) is 34.2 Å². The maximum Gasteiger partial charge on any atom is 0.125 e. The number of halogens is 1. The number of rotatable bonds is 5. The summed E-state index contributed by atoms with van der Waals surface area (Å²) in [5, 5.41) is 3.99. The van der Waals surface area contributed by atoms with Gasteiger partial charge < -0.3 is 10.1 Å². The first-order chi connectivity index (χ1) is 8.74. The standard InChI is InChI=1S/C13H15ClN2OS/c1-15-12(6-10-7-16-8-18-10)11-4-3-9(14)5-13(11)17-2/h3-5,7-8,12,15H,6H2,1-2H3. The third-order valence-electron chi connectivity index (χ3n) is 2.81. The Hall–Kier alpha value is -1.10. The fourth-order valence-electron chi connectivity index (χ4n) is 1.88. The van der Waals surface area contributed by atoms with E-state index < -0.39 is 0 Å². The van der Waals surface area contributed by atoms with Crippen molar-refractivity contribution in [3.05, 3.63) is 45.4 Å². The molecule has 2 rings (SSSR count). The van der Waals surface area contributed by atoms with Crippen LogP contribution < -0.4 is 10.1 Å². The van der Waals surface area contributed by atoms with Crippen molar-refractivity contribution in [1.29, 1.82) is 0 Å². The highest BCUT2D eigenvalue weighted by molar-refractivity contribution is 7.09. The van der Waals surface area contributed by atoms with Crippen LogP contribution in [0, 0.1) is 0 Å². The van der Waals surface area contributed by atoms with Crippen LogP contribution in [0.2, 0.25) is 5.02 Å². The summed E-state index contributed by atoms with van der Waals surface area (Å²) in [6.45, 7) is 0. The van der Waals surface area contributed by atoms with Crippen molar-refractivity contribution in [2.75, 3.05) is 14.2 Å². The van der Waals surface area contributed by atoms with Crippen LogP contribution in [0.25, 0.3) is 0 Å². The van der Waals surface area contributed by atoms with Gasteiger partial charge in [0, 0.05) is 34.1 Å². The fourth-order valence-corrected chi connectivity index (χ4v) is 2.69. The Kier molecular flexibility index (Phi) is 4.58. The molecule has 0 bridgehead atoms. The molecule has 1 aromatic heterocycles. The lowest BCUT2D eigenvalue weighted by Gasteiger charge is -2.18. The highest BCUT2D eigenvalue weighted by atomic mass is 35.5. The summed E-state index contributed by atoms with van der Waals surface area (Å²) in [6, 6.07) is 5.92. The average molecular weight is 283 g/mol. The Morgan fingerprint density at radius 2 is 2.33 bits per heavy atom. The summed E-state index contributed by atoms with van der Waals surface area (Å²) in [7, 11) is 3.61. The summed E-state index contributed by atoms with van der Waals surface area (Å²) in [6.07, 6.45) is 2.79. The van der Waals surface area contributed by atoms with Gasteiger partial charge in [-0.1, -0.05) is 17.7 Å². The lowest BCUT2D eigenvalue weighted by atomic mass is 10.0. The molecule has 0 aliphatic heterocycles. The zero-order valence-electron chi connectivity index (χ0n) is 10.3. The minimum atomic E-state index is 0.192. The molecule has 1 atom stereocenters. The van der Waals surface area contributed by atoms with Crippen LogP contribution in [-0.4, -0.2) is 19.1 Å². The van der Waals surface area contributed by atoms with Crippen LogP contribution in [-0.2, 0) is 6.42 Å². The average Bonchev–Trinajstić information content (AvgIpc) is 2.89. The highest BCUT2D eigenvalue weighted by Crippen LogP contribution is 2.30. The smallest absolute Gasteiger partial charge is 0.125 e. The van der Waals surface area contributed by atoms with Gasteiger partial charge in [-0.25, -0.2) is 0 Å². The van der Waals surface area contributed by atoms with E-state index in [-0.39, 0.29) is 6.04 Å². The molecule has 2 aromatic rings. The molecule has 0 fully saturated rings. The Labute approximate surface area is 116 Å². The summed E-state index contributed by atoms with van der Waals surface area (Å²) in [4.78, 5) is 5.34. The zero-order valence-corrected chi connectivity index (χ0v) is 11.9. The minimum absolute atomic E-state index is 0.192. The van der Waals surface area contributed by atoms with E-state index in [0.29, 0.717) is 5.02 Å². The monoisotopic (exact) mass is 282 g/mol. The van der Waals surface area contributed by atoms with Gasteiger partial charge in [0.1, 0.15) is 5.75 Å². The largest absolute Gasteiger partial charge is 0.496 e. The molecular weight excluding hydrogens is 268 g/mol. The number of aromatic nitrogens is 1. The van der Waals surface area contributed by atoms with E-state index in [0.717, 1.165) is 17.7 Å². The third kappa shape index (κ3) is 3.02. The van der Waals surface area contributed by atoms with Crippen LogP contribution in [0.1, 0.15) is 16.5 Å². The van der Waals surface area contributed by atoms with Gasteiger partial charge >= 0.3 is 0 Å². The van der Waals surface area contributed by atoms with Crippen LogP contribution in [0.15, 0.2) is 29.9 Å². The minimum Gasteiger partial charge on any atom is -0.496 e. The van der Waals surface area contributed by atoms with Gasteiger partial charge in [-0.05, 0) is 19.2 Å². The Morgan fingerprint density at radius 1 is 1.50 bits per heavy atom. The number of thiazole rings is 1. The summed E-state index contributed by atoms with van der Waals surface area (Å²) >= 11 is 7.64. The molecule has 1 unspecified atom stereocenters. The molecule has 18 heavy (non-hydrogen) atoms. The van der Waals surface area contributed by atoms with E-state index in [1.54, 1.807) is 18.4 Å². The van der Waals surface area contributed by atoms with Gasteiger partial charge in [0.05, 0.1) is 12.6 Å². The van der Waals surface area contributed by atoms with Gasteiger partial charge in [0.15, 0.2) is 0 Å². The molecule has 96 valence electrons. The molecule has 0 aliphatic rings. The Balaban J connectivity index is 2.26. The summed E-state index contributed by atoms with van der Waals surface area (Å²) < 4.78 is 5.39. The quantitative estimate of drug-likeness (QED) is 0.914. The van der Waals surface area contributed by atoms with E-state index >= 15 is 0 Å². The number of hydrogen-bond acceptors (Lipinski definition) is 4. The fraction of sp³-hybridized carbons (Fsp3) is 0.308. The summed E-state index contributed by atoms with van der Waals surface area (Å²) in [5.41, 5.74) is 2.96. The number of nitrogens with one attached hydrogen (secondary N) is 1. The van der Waals surface area contributed by atoms with Crippen molar-refractivity contribution >= 4 is 22.9 Å².